The molecule has 144 valence electrons. The fourth-order valence-corrected chi connectivity index (χ4v) is 7.90. The number of ether oxygens (including phenoxy) is 1. The van der Waals surface area contributed by atoms with E-state index in [0.717, 1.165) is 6.42 Å². The molecule has 0 amide bonds. The average molecular weight is 364 g/mol. The molecule has 6 heteroatoms. The first-order chi connectivity index (χ1) is 12.1. The Kier molecular flexibility index (Phi) is 3.07. The molecule has 2 aliphatic heterocycles. The van der Waals surface area contributed by atoms with E-state index in [-0.39, 0.29) is 12.0 Å². The summed E-state index contributed by atoms with van der Waals surface area (Å²) in [6, 6.07) is 0. The lowest BCUT2D eigenvalue weighted by molar-refractivity contribution is -0.458. The Morgan fingerprint density at radius 3 is 2.50 bits per heavy atom. The molecular formula is C20H28O6. The average Bonchev–Trinajstić information content (AvgIpc) is 2.69. The van der Waals surface area contributed by atoms with Crippen LogP contribution in [0.5, 0.6) is 0 Å². The summed E-state index contributed by atoms with van der Waals surface area (Å²) in [6.07, 6.45) is -0.747. The fourth-order valence-electron chi connectivity index (χ4n) is 7.90. The predicted octanol–water partition coefficient (Wildman–Crippen LogP) is 0.376. The third-order valence-electron chi connectivity index (χ3n) is 8.88. The molecule has 2 spiro atoms. The number of hydrogen-bond acceptors (Lipinski definition) is 6. The topological polar surface area (TPSA) is 107 Å². The van der Waals surface area contributed by atoms with E-state index in [1.54, 1.807) is 0 Å². The standard InChI is InChI=1S/C20H28O6/c1-9-10-4-5-11-18-8-26-20(25,19(11,14(9)22)15(10)23)16(24)13(18)17(2,3)7-6-12(18)21/h10-13,15-16,21,23-25H,1,4-8H2,2-3H3/t10?,11?,12-,13+,15+,16-,18+,19?,20?/m0/s1. The van der Waals surface area contributed by atoms with Crippen LogP contribution in [0, 0.1) is 34.0 Å². The summed E-state index contributed by atoms with van der Waals surface area (Å²) in [4.78, 5) is 13.3. The van der Waals surface area contributed by atoms with Crippen molar-refractivity contribution in [2.75, 3.05) is 6.61 Å². The van der Waals surface area contributed by atoms with Gasteiger partial charge in [0, 0.05) is 17.3 Å². The summed E-state index contributed by atoms with van der Waals surface area (Å²) in [6.45, 7) is 8.07. The van der Waals surface area contributed by atoms with E-state index in [1.165, 1.54) is 0 Å². The van der Waals surface area contributed by atoms with E-state index in [4.69, 9.17) is 4.74 Å². The molecule has 6 rings (SSSR count). The molecule has 2 heterocycles. The first kappa shape index (κ1) is 17.3. The van der Waals surface area contributed by atoms with Gasteiger partial charge in [0.05, 0.1) is 18.8 Å². The van der Waals surface area contributed by atoms with E-state index in [2.05, 4.69) is 6.58 Å². The molecule has 4 bridgehead atoms. The molecule has 6 nitrogen and oxygen atoms in total. The van der Waals surface area contributed by atoms with Gasteiger partial charge in [-0.25, -0.2) is 0 Å². The lowest BCUT2D eigenvalue weighted by atomic mass is 9.35. The highest BCUT2D eigenvalue weighted by atomic mass is 16.6. The lowest BCUT2D eigenvalue weighted by Gasteiger charge is -2.74. The zero-order valence-corrected chi connectivity index (χ0v) is 15.3. The number of rotatable bonds is 0. The van der Waals surface area contributed by atoms with Crippen molar-refractivity contribution in [3.63, 3.8) is 0 Å². The van der Waals surface area contributed by atoms with Crippen molar-refractivity contribution in [3.05, 3.63) is 12.2 Å². The fraction of sp³-hybridized carbons (Fsp3) is 0.850. The first-order valence-corrected chi connectivity index (χ1v) is 9.71. The van der Waals surface area contributed by atoms with Gasteiger partial charge in [-0.1, -0.05) is 20.4 Å². The van der Waals surface area contributed by atoms with E-state index < -0.39 is 58.5 Å². The summed E-state index contributed by atoms with van der Waals surface area (Å²) in [5, 5.41) is 45.1. The number of ketones is 1. The number of Topliss-reactive ketones (excluding diaryl/α,β-unsaturated/α-hetero) is 1. The minimum atomic E-state index is -2.15. The van der Waals surface area contributed by atoms with Crippen LogP contribution in [0.3, 0.4) is 0 Å². The van der Waals surface area contributed by atoms with E-state index in [1.807, 2.05) is 13.8 Å². The van der Waals surface area contributed by atoms with Gasteiger partial charge >= 0.3 is 0 Å². The largest absolute Gasteiger partial charge is 0.392 e. The van der Waals surface area contributed by atoms with Gasteiger partial charge in [0.1, 0.15) is 11.5 Å². The van der Waals surface area contributed by atoms with Crippen molar-refractivity contribution in [2.45, 2.75) is 63.6 Å². The molecule has 4 N–H and O–H groups in total. The van der Waals surface area contributed by atoms with E-state index >= 15 is 0 Å². The van der Waals surface area contributed by atoms with Crippen LogP contribution in [-0.2, 0) is 9.53 Å². The minimum absolute atomic E-state index is 0.0966. The summed E-state index contributed by atoms with van der Waals surface area (Å²) in [7, 11) is 0. The summed E-state index contributed by atoms with van der Waals surface area (Å²) >= 11 is 0. The van der Waals surface area contributed by atoms with E-state index in [0.29, 0.717) is 24.8 Å². The van der Waals surface area contributed by atoms with Gasteiger partial charge in [0.15, 0.2) is 5.78 Å². The van der Waals surface area contributed by atoms with Gasteiger partial charge in [0.25, 0.3) is 0 Å². The van der Waals surface area contributed by atoms with Gasteiger partial charge < -0.3 is 25.2 Å². The van der Waals surface area contributed by atoms with Crippen LogP contribution in [0.15, 0.2) is 12.2 Å². The molecule has 4 unspecified atom stereocenters. The Morgan fingerprint density at radius 1 is 1.12 bits per heavy atom. The van der Waals surface area contributed by atoms with Crippen LogP contribution in [0.4, 0.5) is 0 Å². The second-order valence-electron chi connectivity index (χ2n) is 9.97. The van der Waals surface area contributed by atoms with Crippen LogP contribution in [0.25, 0.3) is 0 Å². The molecule has 4 saturated carbocycles. The quantitative estimate of drug-likeness (QED) is 0.463. The second kappa shape index (κ2) is 4.61. The zero-order chi connectivity index (χ0) is 18.9. The minimum Gasteiger partial charge on any atom is -0.392 e. The maximum Gasteiger partial charge on any atom is 0.208 e. The van der Waals surface area contributed by atoms with Crippen LogP contribution >= 0.6 is 0 Å². The molecule has 6 fully saturated rings. The van der Waals surface area contributed by atoms with Crippen molar-refractivity contribution in [3.8, 4) is 0 Å². The number of carbonyl (C=O) groups excluding carboxylic acids is 1. The zero-order valence-electron chi connectivity index (χ0n) is 15.3. The number of aliphatic hydroxyl groups is 4. The molecule has 26 heavy (non-hydrogen) atoms. The monoisotopic (exact) mass is 364 g/mol. The predicted molar refractivity (Wildman–Crippen MR) is 90.7 cm³/mol. The van der Waals surface area contributed by atoms with Gasteiger partial charge in [-0.2, -0.15) is 0 Å². The molecule has 0 radical (unpaired) electrons. The molecule has 4 aliphatic carbocycles. The third-order valence-corrected chi connectivity index (χ3v) is 8.88. The number of fused-ring (bicyclic) bond motifs is 2. The number of carbonyl (C=O) groups is 1. The van der Waals surface area contributed by atoms with Crippen molar-refractivity contribution < 1.29 is 30.0 Å². The van der Waals surface area contributed by atoms with Crippen molar-refractivity contribution >= 4 is 5.78 Å². The molecule has 0 aromatic heterocycles. The lowest BCUT2D eigenvalue weighted by Crippen LogP contribution is -2.85. The number of aliphatic hydroxyl groups excluding tert-OH is 3. The molecule has 0 aromatic carbocycles. The molecule has 0 aromatic rings. The van der Waals surface area contributed by atoms with Crippen LogP contribution in [-0.4, -0.2) is 56.9 Å². The van der Waals surface area contributed by atoms with Gasteiger partial charge in [-0.3, -0.25) is 4.79 Å². The Bertz CT molecular complexity index is 717. The summed E-state index contributed by atoms with van der Waals surface area (Å²) in [5.74, 6) is -3.80. The van der Waals surface area contributed by atoms with Crippen LogP contribution in [0.2, 0.25) is 0 Å². The molecule has 6 aliphatic rings. The normalized spacial score (nSPS) is 59.9. The maximum atomic E-state index is 13.3. The van der Waals surface area contributed by atoms with Crippen molar-refractivity contribution in [1.29, 1.82) is 0 Å². The molecule has 2 saturated heterocycles. The molecule has 9 atom stereocenters. The summed E-state index contributed by atoms with van der Waals surface area (Å²) < 4.78 is 5.80. The van der Waals surface area contributed by atoms with Gasteiger partial charge in [-0.05, 0) is 42.6 Å². The number of hydrogen-bond donors (Lipinski definition) is 4. The van der Waals surface area contributed by atoms with Crippen LogP contribution < -0.4 is 0 Å². The third kappa shape index (κ3) is 1.41. The highest BCUT2D eigenvalue weighted by molar-refractivity contribution is 6.05. The van der Waals surface area contributed by atoms with Crippen LogP contribution in [0.1, 0.15) is 39.5 Å². The van der Waals surface area contributed by atoms with E-state index in [9.17, 15) is 25.2 Å². The van der Waals surface area contributed by atoms with Crippen molar-refractivity contribution in [2.24, 2.45) is 34.0 Å². The summed E-state index contributed by atoms with van der Waals surface area (Å²) in [5.41, 5.74) is -2.49. The SMILES string of the molecule is C=C1C(=O)C23C(CCC1[C@H]2O)[C@@]12COC3(O)[C@@H](O)[C@@H]1C(C)(C)CC[C@@H]2O. The molecular weight excluding hydrogens is 336 g/mol. The second-order valence-corrected chi connectivity index (χ2v) is 9.97. The first-order valence-electron chi connectivity index (χ1n) is 9.71. The smallest absolute Gasteiger partial charge is 0.208 e. The Hall–Kier alpha value is -0.790. The van der Waals surface area contributed by atoms with Gasteiger partial charge in [0.2, 0.25) is 5.79 Å². The van der Waals surface area contributed by atoms with Gasteiger partial charge in [-0.15, -0.1) is 0 Å². The highest BCUT2D eigenvalue weighted by Gasteiger charge is 2.86. The highest BCUT2D eigenvalue weighted by Crippen LogP contribution is 2.76. The Labute approximate surface area is 152 Å². The Balaban J connectivity index is 1.81. The Morgan fingerprint density at radius 2 is 1.81 bits per heavy atom. The maximum absolute atomic E-state index is 13.3. The van der Waals surface area contributed by atoms with Crippen molar-refractivity contribution in [1.82, 2.24) is 0 Å².